The molecule has 1 fully saturated rings. The maximum Gasteiger partial charge on any atom is 0.205 e. The number of piperazine rings is 1. The average molecular weight is 433 g/mol. The van der Waals surface area contributed by atoms with Crippen LogP contribution < -0.4 is 19.7 Å². The van der Waals surface area contributed by atoms with E-state index >= 15 is 0 Å². The van der Waals surface area contributed by atoms with E-state index in [1.807, 2.05) is 31.2 Å². The molecular weight excluding hydrogens is 400 g/mol. The molecule has 1 N–H and O–H groups in total. The minimum Gasteiger partial charge on any atom is -0.493 e. The van der Waals surface area contributed by atoms with E-state index in [2.05, 4.69) is 38.3 Å². The molecule has 0 bridgehead atoms. The highest BCUT2D eigenvalue weighted by atomic mass is 32.1. The predicted octanol–water partition coefficient (Wildman–Crippen LogP) is 2.66. The third-order valence-corrected chi connectivity index (χ3v) is 5.67. The van der Waals surface area contributed by atoms with Gasteiger partial charge in [0.1, 0.15) is 11.9 Å². The number of nitrogens with one attached hydrogen (secondary N) is 1. The van der Waals surface area contributed by atoms with Gasteiger partial charge in [-0.2, -0.15) is 4.37 Å². The van der Waals surface area contributed by atoms with Gasteiger partial charge in [-0.3, -0.25) is 0 Å². The lowest BCUT2D eigenvalue weighted by Crippen LogP contribution is -2.52. The van der Waals surface area contributed by atoms with Crippen molar-refractivity contribution in [2.24, 2.45) is 4.99 Å². The van der Waals surface area contributed by atoms with E-state index in [4.69, 9.17) is 14.5 Å². The van der Waals surface area contributed by atoms with Crippen LogP contribution in [-0.4, -0.2) is 72.7 Å². The quantitative estimate of drug-likeness (QED) is 0.508. The third kappa shape index (κ3) is 5.75. The van der Waals surface area contributed by atoms with Gasteiger partial charge in [0.2, 0.25) is 5.13 Å². The van der Waals surface area contributed by atoms with Crippen LogP contribution in [0.3, 0.4) is 0 Å². The second kappa shape index (κ2) is 11.0. The number of guanidine groups is 1. The Labute approximate surface area is 183 Å². The molecule has 0 spiro atoms. The number of aryl methyl sites for hydroxylation is 1. The highest BCUT2D eigenvalue weighted by Gasteiger charge is 2.22. The Bertz CT molecular complexity index is 819. The van der Waals surface area contributed by atoms with Crippen LogP contribution in [0.2, 0.25) is 0 Å². The van der Waals surface area contributed by atoms with Crippen molar-refractivity contribution in [2.75, 3.05) is 51.3 Å². The monoisotopic (exact) mass is 432 g/mol. The first-order valence-corrected chi connectivity index (χ1v) is 11.3. The van der Waals surface area contributed by atoms with E-state index in [0.29, 0.717) is 6.54 Å². The molecule has 1 aliphatic rings. The van der Waals surface area contributed by atoms with E-state index in [0.717, 1.165) is 67.6 Å². The summed E-state index contributed by atoms with van der Waals surface area (Å²) in [5.41, 5.74) is 0. The summed E-state index contributed by atoms with van der Waals surface area (Å²) < 4.78 is 15.8. The van der Waals surface area contributed by atoms with Gasteiger partial charge in [0.15, 0.2) is 17.5 Å². The summed E-state index contributed by atoms with van der Waals surface area (Å²) >= 11 is 1.49. The van der Waals surface area contributed by atoms with Crippen molar-refractivity contribution in [1.82, 2.24) is 19.6 Å². The molecule has 9 heteroatoms. The van der Waals surface area contributed by atoms with Gasteiger partial charge in [-0.25, -0.2) is 9.98 Å². The topological polar surface area (TPSA) is 75.1 Å². The number of rotatable bonds is 8. The molecule has 1 unspecified atom stereocenters. The number of hydrogen-bond acceptors (Lipinski definition) is 7. The van der Waals surface area contributed by atoms with Gasteiger partial charge >= 0.3 is 0 Å². The van der Waals surface area contributed by atoms with Crippen LogP contribution in [0.5, 0.6) is 11.5 Å². The Hall–Kier alpha value is -2.55. The number of methoxy groups -OCH3 is 1. The largest absolute Gasteiger partial charge is 0.493 e. The number of aromatic nitrogens is 2. The Balaban J connectivity index is 1.56. The molecule has 0 radical (unpaired) electrons. The molecule has 1 aliphatic heterocycles. The van der Waals surface area contributed by atoms with Crippen LogP contribution >= 0.6 is 11.5 Å². The Morgan fingerprint density at radius 3 is 2.57 bits per heavy atom. The number of hydrogen-bond donors (Lipinski definition) is 1. The fourth-order valence-corrected chi connectivity index (χ4v) is 4.04. The smallest absolute Gasteiger partial charge is 0.205 e. The SMILES string of the molecule is CCNC(=NCC(C)Oc1ccccc1OC)N1CCN(c2nc(CC)ns2)CC1. The van der Waals surface area contributed by atoms with Crippen molar-refractivity contribution in [3.63, 3.8) is 0 Å². The summed E-state index contributed by atoms with van der Waals surface area (Å²) in [5, 5.41) is 4.43. The van der Waals surface area contributed by atoms with Gasteiger partial charge in [-0.15, -0.1) is 0 Å². The molecule has 1 aromatic carbocycles. The highest BCUT2D eigenvalue weighted by molar-refractivity contribution is 7.09. The molecule has 164 valence electrons. The van der Waals surface area contributed by atoms with Crippen LogP contribution in [0, 0.1) is 0 Å². The zero-order chi connectivity index (χ0) is 21.3. The standard InChI is InChI=1S/C21H32N6O2S/c1-5-19-24-21(30-25-19)27-13-11-26(12-14-27)20(22-6-2)23-15-16(3)29-18-10-8-7-9-17(18)28-4/h7-10,16H,5-6,11-15H2,1-4H3,(H,22,23). The van der Waals surface area contributed by atoms with Crippen LogP contribution in [0.1, 0.15) is 26.6 Å². The van der Waals surface area contributed by atoms with Gasteiger partial charge < -0.3 is 24.6 Å². The molecule has 30 heavy (non-hydrogen) atoms. The van der Waals surface area contributed by atoms with Crippen LogP contribution in [-0.2, 0) is 6.42 Å². The normalized spacial score (nSPS) is 15.8. The fourth-order valence-electron chi connectivity index (χ4n) is 3.24. The Morgan fingerprint density at radius 1 is 1.20 bits per heavy atom. The van der Waals surface area contributed by atoms with Gasteiger partial charge in [0, 0.05) is 50.7 Å². The maximum atomic E-state index is 6.04. The second-order valence-electron chi connectivity index (χ2n) is 7.09. The highest BCUT2D eigenvalue weighted by Crippen LogP contribution is 2.26. The third-order valence-electron chi connectivity index (χ3n) is 4.85. The molecule has 8 nitrogen and oxygen atoms in total. The lowest BCUT2D eigenvalue weighted by Gasteiger charge is -2.36. The summed E-state index contributed by atoms with van der Waals surface area (Å²) in [5.74, 6) is 3.33. The van der Waals surface area contributed by atoms with Crippen molar-refractivity contribution in [3.05, 3.63) is 30.1 Å². The summed E-state index contributed by atoms with van der Waals surface area (Å²) in [6, 6.07) is 7.69. The Morgan fingerprint density at radius 2 is 1.93 bits per heavy atom. The molecule has 3 rings (SSSR count). The fraction of sp³-hybridized carbons (Fsp3) is 0.571. The summed E-state index contributed by atoms with van der Waals surface area (Å²) in [6.45, 7) is 11.2. The molecule has 2 heterocycles. The van der Waals surface area contributed by atoms with E-state index in [-0.39, 0.29) is 6.10 Å². The van der Waals surface area contributed by atoms with Crippen molar-refractivity contribution in [2.45, 2.75) is 33.3 Å². The van der Waals surface area contributed by atoms with Gasteiger partial charge in [-0.1, -0.05) is 19.1 Å². The number of anilines is 1. The lowest BCUT2D eigenvalue weighted by atomic mass is 10.3. The molecule has 0 aliphatic carbocycles. The van der Waals surface area contributed by atoms with Gasteiger partial charge in [-0.05, 0) is 26.0 Å². The lowest BCUT2D eigenvalue weighted by molar-refractivity contribution is 0.218. The van der Waals surface area contributed by atoms with Crippen LogP contribution in [0.15, 0.2) is 29.3 Å². The molecule has 1 saturated heterocycles. The first kappa shape index (κ1) is 22.1. The van der Waals surface area contributed by atoms with E-state index in [9.17, 15) is 0 Å². The van der Waals surface area contributed by atoms with Crippen molar-refractivity contribution in [1.29, 1.82) is 0 Å². The summed E-state index contributed by atoms with van der Waals surface area (Å²) in [7, 11) is 1.65. The molecule has 1 aromatic heterocycles. The number of ether oxygens (including phenoxy) is 2. The number of benzene rings is 1. The van der Waals surface area contributed by atoms with Gasteiger partial charge in [0.25, 0.3) is 0 Å². The van der Waals surface area contributed by atoms with E-state index < -0.39 is 0 Å². The molecular formula is C21H32N6O2S. The maximum absolute atomic E-state index is 6.04. The first-order valence-electron chi connectivity index (χ1n) is 10.5. The first-order chi connectivity index (χ1) is 14.6. The van der Waals surface area contributed by atoms with Crippen LogP contribution in [0.25, 0.3) is 0 Å². The number of para-hydroxylation sites is 2. The molecule has 0 amide bonds. The average Bonchev–Trinajstić information content (AvgIpc) is 3.26. The predicted molar refractivity (Wildman–Crippen MR) is 122 cm³/mol. The van der Waals surface area contributed by atoms with E-state index in [1.54, 1.807) is 7.11 Å². The van der Waals surface area contributed by atoms with Crippen molar-refractivity contribution >= 4 is 22.6 Å². The van der Waals surface area contributed by atoms with Crippen molar-refractivity contribution in [3.8, 4) is 11.5 Å². The summed E-state index contributed by atoms with van der Waals surface area (Å²) in [4.78, 5) is 14.1. The molecule has 2 aromatic rings. The summed E-state index contributed by atoms with van der Waals surface area (Å²) in [6.07, 6.45) is 0.813. The van der Waals surface area contributed by atoms with E-state index in [1.165, 1.54) is 11.5 Å². The molecule has 1 atom stereocenters. The minimum absolute atomic E-state index is 0.0647. The number of nitrogens with zero attached hydrogens (tertiary/aromatic N) is 5. The number of aliphatic imine (C=N–C) groups is 1. The zero-order valence-corrected chi connectivity index (χ0v) is 19.1. The minimum atomic E-state index is -0.0647. The van der Waals surface area contributed by atoms with Gasteiger partial charge in [0.05, 0.1) is 13.7 Å². The zero-order valence-electron chi connectivity index (χ0n) is 18.3. The Kier molecular flexibility index (Phi) is 8.12. The molecule has 0 saturated carbocycles. The second-order valence-corrected chi connectivity index (χ2v) is 7.83. The van der Waals surface area contributed by atoms with Crippen LogP contribution in [0.4, 0.5) is 5.13 Å². The van der Waals surface area contributed by atoms with Crippen molar-refractivity contribution < 1.29 is 9.47 Å².